The van der Waals surface area contributed by atoms with E-state index in [0.717, 1.165) is 9.35 Å². The zero-order chi connectivity index (χ0) is 14.6. The molecule has 0 bridgehead atoms. The van der Waals surface area contributed by atoms with Gasteiger partial charge < -0.3 is 15.5 Å². The van der Waals surface area contributed by atoms with E-state index in [1.165, 1.54) is 11.3 Å². The zero-order valence-electron chi connectivity index (χ0n) is 9.97. The second-order valence-electron chi connectivity index (χ2n) is 3.86. The van der Waals surface area contributed by atoms with Gasteiger partial charge in [0.25, 0.3) is 5.91 Å². The fourth-order valence-electron chi connectivity index (χ4n) is 1.33. The maximum Gasteiger partial charge on any atom is 0.326 e. The van der Waals surface area contributed by atoms with Gasteiger partial charge in [0.1, 0.15) is 6.04 Å². The van der Waals surface area contributed by atoms with Crippen LogP contribution in [0, 0.1) is 6.92 Å². The average Bonchev–Trinajstić information content (AvgIpc) is 2.64. The van der Waals surface area contributed by atoms with Crippen LogP contribution < -0.4 is 5.32 Å². The van der Waals surface area contributed by atoms with Crippen LogP contribution in [-0.2, 0) is 9.59 Å². The third-order valence-electron chi connectivity index (χ3n) is 2.33. The van der Waals surface area contributed by atoms with Crippen molar-refractivity contribution < 1.29 is 24.6 Å². The van der Waals surface area contributed by atoms with Gasteiger partial charge in [-0.25, -0.2) is 4.79 Å². The fourth-order valence-corrected chi connectivity index (χ4v) is 2.76. The molecule has 1 aromatic heterocycles. The molecule has 8 heteroatoms. The van der Waals surface area contributed by atoms with E-state index in [4.69, 9.17) is 10.2 Å². The van der Waals surface area contributed by atoms with E-state index in [1.54, 1.807) is 6.07 Å². The molecule has 3 N–H and O–H groups in total. The van der Waals surface area contributed by atoms with E-state index < -0.39 is 23.9 Å². The monoisotopic (exact) mass is 349 g/mol. The predicted octanol–water partition coefficient (Wildman–Crippen LogP) is 1.87. The number of aryl methyl sites for hydroxylation is 1. The van der Waals surface area contributed by atoms with Crippen molar-refractivity contribution in [2.75, 3.05) is 0 Å². The number of carboxylic acids is 2. The van der Waals surface area contributed by atoms with Crippen LogP contribution in [0.25, 0.3) is 0 Å². The van der Waals surface area contributed by atoms with Crippen molar-refractivity contribution in [2.24, 2.45) is 0 Å². The lowest BCUT2D eigenvalue weighted by atomic mass is 10.1. The van der Waals surface area contributed by atoms with Crippen molar-refractivity contribution in [3.8, 4) is 0 Å². The summed E-state index contributed by atoms with van der Waals surface area (Å²) in [7, 11) is 0. The third-order valence-corrected chi connectivity index (χ3v) is 4.47. The van der Waals surface area contributed by atoms with Crippen molar-refractivity contribution in [1.29, 1.82) is 0 Å². The average molecular weight is 350 g/mol. The highest BCUT2D eigenvalue weighted by Gasteiger charge is 2.22. The second kappa shape index (κ2) is 6.67. The maximum atomic E-state index is 11.8. The molecule has 0 aliphatic carbocycles. The van der Waals surface area contributed by atoms with Gasteiger partial charge in [0.05, 0.1) is 8.66 Å². The number of nitrogens with one attached hydrogen (secondary N) is 1. The maximum absolute atomic E-state index is 11.8. The van der Waals surface area contributed by atoms with E-state index in [0.29, 0.717) is 4.88 Å². The van der Waals surface area contributed by atoms with Gasteiger partial charge >= 0.3 is 11.9 Å². The Morgan fingerprint density at radius 1 is 1.42 bits per heavy atom. The molecule has 1 heterocycles. The van der Waals surface area contributed by atoms with E-state index >= 15 is 0 Å². The Morgan fingerprint density at radius 2 is 2.05 bits per heavy atom. The second-order valence-corrected chi connectivity index (χ2v) is 6.23. The quantitative estimate of drug-likeness (QED) is 0.727. The summed E-state index contributed by atoms with van der Waals surface area (Å²) < 4.78 is 0.801. The SMILES string of the molecule is Cc1cc(C(=O)N[C@@H](CCC(=O)O)C(=O)O)sc1Br. The molecular formula is C11H12BrNO5S. The minimum absolute atomic E-state index is 0.151. The highest BCUT2D eigenvalue weighted by Crippen LogP contribution is 2.27. The first kappa shape index (κ1) is 15.6. The number of rotatable bonds is 6. The van der Waals surface area contributed by atoms with Crippen LogP contribution in [0.2, 0.25) is 0 Å². The number of carboxylic acid groups (broad SMARTS) is 2. The summed E-state index contributed by atoms with van der Waals surface area (Å²) in [6.45, 7) is 1.82. The first-order valence-electron chi connectivity index (χ1n) is 5.32. The van der Waals surface area contributed by atoms with Gasteiger partial charge in [0, 0.05) is 6.42 Å². The largest absolute Gasteiger partial charge is 0.481 e. The molecule has 0 unspecified atom stereocenters. The number of hydrogen-bond acceptors (Lipinski definition) is 4. The number of thiophene rings is 1. The van der Waals surface area contributed by atoms with Gasteiger partial charge in [-0.05, 0) is 40.9 Å². The Kier molecular flexibility index (Phi) is 5.49. The van der Waals surface area contributed by atoms with Gasteiger partial charge in [-0.1, -0.05) is 0 Å². The van der Waals surface area contributed by atoms with Crippen molar-refractivity contribution in [2.45, 2.75) is 25.8 Å². The summed E-state index contributed by atoms with van der Waals surface area (Å²) >= 11 is 4.47. The highest BCUT2D eigenvalue weighted by atomic mass is 79.9. The molecular weight excluding hydrogens is 338 g/mol. The van der Waals surface area contributed by atoms with Crippen molar-refractivity contribution >= 4 is 45.1 Å². The predicted molar refractivity (Wildman–Crippen MR) is 72.5 cm³/mol. The molecule has 0 fully saturated rings. The molecule has 0 saturated heterocycles. The Balaban J connectivity index is 2.71. The lowest BCUT2D eigenvalue weighted by Crippen LogP contribution is -2.40. The van der Waals surface area contributed by atoms with Gasteiger partial charge in [0.2, 0.25) is 0 Å². The molecule has 104 valence electrons. The number of amides is 1. The van der Waals surface area contributed by atoms with Crippen LogP contribution in [0.15, 0.2) is 9.85 Å². The summed E-state index contributed by atoms with van der Waals surface area (Å²) in [5.74, 6) is -2.87. The summed E-state index contributed by atoms with van der Waals surface area (Å²) in [6, 6.07) is 0.435. The summed E-state index contributed by atoms with van der Waals surface area (Å²) in [4.78, 5) is 33.6. The first-order valence-corrected chi connectivity index (χ1v) is 6.93. The van der Waals surface area contributed by atoms with Gasteiger partial charge in [-0.2, -0.15) is 0 Å². The smallest absolute Gasteiger partial charge is 0.326 e. The van der Waals surface area contributed by atoms with Crippen LogP contribution in [-0.4, -0.2) is 34.1 Å². The number of carbonyl (C=O) groups is 3. The Bertz CT molecular complexity index is 494. The topological polar surface area (TPSA) is 104 Å². The fraction of sp³-hybridized carbons (Fsp3) is 0.364. The molecule has 0 spiro atoms. The Hall–Kier alpha value is -1.41. The molecule has 0 radical (unpaired) electrons. The van der Waals surface area contributed by atoms with E-state index in [1.807, 2.05) is 6.92 Å². The van der Waals surface area contributed by atoms with Crippen LogP contribution in [0.4, 0.5) is 0 Å². The molecule has 1 amide bonds. The molecule has 19 heavy (non-hydrogen) atoms. The van der Waals surface area contributed by atoms with E-state index in [2.05, 4.69) is 21.2 Å². The van der Waals surface area contributed by atoms with Crippen LogP contribution in [0.1, 0.15) is 28.1 Å². The number of carbonyl (C=O) groups excluding carboxylic acids is 1. The van der Waals surface area contributed by atoms with Crippen molar-refractivity contribution in [1.82, 2.24) is 5.32 Å². The highest BCUT2D eigenvalue weighted by molar-refractivity contribution is 9.11. The van der Waals surface area contributed by atoms with Crippen molar-refractivity contribution in [3.05, 3.63) is 20.3 Å². The standard InChI is InChI=1S/C11H12BrNO5S/c1-5-4-7(19-9(5)12)10(16)13-6(11(17)18)2-3-8(14)15/h4,6H,2-3H2,1H3,(H,13,16)(H,14,15)(H,17,18)/t6-/m0/s1. The minimum atomic E-state index is -1.25. The molecule has 0 aliphatic heterocycles. The molecule has 0 aliphatic rings. The number of halogens is 1. The Labute approximate surface area is 121 Å². The molecule has 0 aromatic carbocycles. The molecule has 1 rings (SSSR count). The van der Waals surface area contributed by atoms with Crippen LogP contribution in [0.3, 0.4) is 0 Å². The molecule has 6 nitrogen and oxygen atoms in total. The lowest BCUT2D eigenvalue weighted by molar-refractivity contribution is -0.140. The minimum Gasteiger partial charge on any atom is -0.481 e. The number of aliphatic carboxylic acids is 2. The summed E-state index contributed by atoms with van der Waals surface area (Å²) in [6.07, 6.45) is -0.466. The lowest BCUT2D eigenvalue weighted by Gasteiger charge is -2.12. The van der Waals surface area contributed by atoms with Crippen LogP contribution >= 0.6 is 27.3 Å². The molecule has 1 aromatic rings. The molecule has 1 atom stereocenters. The van der Waals surface area contributed by atoms with Gasteiger partial charge in [-0.3, -0.25) is 9.59 Å². The summed E-state index contributed by atoms with van der Waals surface area (Å²) in [5.41, 5.74) is 0.882. The zero-order valence-corrected chi connectivity index (χ0v) is 12.4. The normalized spacial score (nSPS) is 11.9. The van der Waals surface area contributed by atoms with Crippen LogP contribution in [0.5, 0.6) is 0 Å². The van der Waals surface area contributed by atoms with E-state index in [-0.39, 0.29) is 12.8 Å². The number of hydrogen-bond donors (Lipinski definition) is 3. The van der Waals surface area contributed by atoms with Crippen molar-refractivity contribution in [3.63, 3.8) is 0 Å². The Morgan fingerprint density at radius 3 is 2.47 bits per heavy atom. The third kappa shape index (κ3) is 4.64. The molecule has 0 saturated carbocycles. The van der Waals surface area contributed by atoms with Gasteiger partial charge in [0.15, 0.2) is 0 Å². The first-order chi connectivity index (χ1) is 8.81. The summed E-state index contributed by atoms with van der Waals surface area (Å²) in [5, 5.41) is 19.8. The van der Waals surface area contributed by atoms with E-state index in [9.17, 15) is 14.4 Å². The van der Waals surface area contributed by atoms with Gasteiger partial charge in [-0.15, -0.1) is 11.3 Å².